The van der Waals surface area contributed by atoms with E-state index in [4.69, 9.17) is 11.6 Å². The monoisotopic (exact) mass is 456 g/mol. The number of nitrogens with one attached hydrogen (secondary N) is 4. The van der Waals surface area contributed by atoms with E-state index in [1.165, 1.54) is 17.5 Å². The van der Waals surface area contributed by atoms with Crippen molar-refractivity contribution in [3.05, 3.63) is 62.2 Å². The van der Waals surface area contributed by atoms with E-state index in [1.54, 1.807) is 13.2 Å². The minimum absolute atomic E-state index is 0.0221. The number of halogens is 1. The van der Waals surface area contributed by atoms with Gasteiger partial charge in [-0.2, -0.15) is 4.98 Å². The zero-order chi connectivity index (χ0) is 22.0. The molecule has 0 fully saturated rings. The minimum Gasteiger partial charge on any atom is -0.354 e. The Hall–Kier alpha value is -3.17. The van der Waals surface area contributed by atoms with Gasteiger partial charge in [0.1, 0.15) is 9.90 Å². The average molecular weight is 457 g/mol. The summed E-state index contributed by atoms with van der Waals surface area (Å²) in [4.78, 5) is 33.1. The normalized spacial score (nSPS) is 15.6. The molecule has 2 aromatic rings. The number of amides is 2. The lowest BCUT2D eigenvalue weighted by molar-refractivity contribution is -0.120. The summed E-state index contributed by atoms with van der Waals surface area (Å²) < 4.78 is 0. The van der Waals surface area contributed by atoms with Gasteiger partial charge in [-0.05, 0) is 41.5 Å². The maximum Gasteiger partial charge on any atom is 0.263 e. The van der Waals surface area contributed by atoms with Gasteiger partial charge < -0.3 is 21.3 Å². The van der Waals surface area contributed by atoms with E-state index in [0.29, 0.717) is 40.2 Å². The van der Waals surface area contributed by atoms with Gasteiger partial charge in [-0.3, -0.25) is 9.59 Å². The van der Waals surface area contributed by atoms with E-state index in [0.717, 1.165) is 28.8 Å². The lowest BCUT2D eigenvalue weighted by Gasteiger charge is -2.18. The number of fused-ring (bicyclic) bond motifs is 1. The van der Waals surface area contributed by atoms with Crippen LogP contribution in [0.2, 0.25) is 5.02 Å². The summed E-state index contributed by atoms with van der Waals surface area (Å²) in [7, 11) is 1.59. The number of thiophene rings is 1. The van der Waals surface area contributed by atoms with Gasteiger partial charge in [-0.1, -0.05) is 17.7 Å². The molecule has 1 aliphatic heterocycles. The molecule has 3 heterocycles. The Labute approximate surface area is 188 Å². The van der Waals surface area contributed by atoms with Crippen LogP contribution in [0.3, 0.4) is 0 Å². The molecule has 160 valence electrons. The van der Waals surface area contributed by atoms with Crippen molar-refractivity contribution in [1.82, 2.24) is 20.6 Å². The van der Waals surface area contributed by atoms with Gasteiger partial charge in [0, 0.05) is 31.8 Å². The zero-order valence-corrected chi connectivity index (χ0v) is 18.6. The second-order valence-corrected chi connectivity index (χ2v) is 8.43. The third kappa shape index (κ3) is 4.62. The minimum atomic E-state index is -0.178. The standard InChI is InChI=1S/C21H21ClN6O2S/c1-11-10-31-18(20(30)23-2)17(11)27-19-15(22)9-25-21(28-19)26-14-5-3-12-4-6-16(29)24-8-13(12)7-14/h3,5,8-10H,4,6-7H2,1-2H3,(H,23,30)(H,24,29)(H2,25,26,27,28). The van der Waals surface area contributed by atoms with Gasteiger partial charge in [0.2, 0.25) is 11.9 Å². The van der Waals surface area contributed by atoms with Crippen molar-refractivity contribution >= 4 is 52.2 Å². The fraction of sp³-hybridized carbons (Fsp3) is 0.238. The second-order valence-electron chi connectivity index (χ2n) is 7.14. The first-order valence-corrected chi connectivity index (χ1v) is 11.0. The predicted octanol–water partition coefficient (Wildman–Crippen LogP) is 4.02. The summed E-state index contributed by atoms with van der Waals surface area (Å²) in [6.45, 7) is 1.91. The molecular formula is C21H21ClN6O2S. The summed E-state index contributed by atoms with van der Waals surface area (Å²) in [6.07, 6.45) is 9.10. The Morgan fingerprint density at radius 2 is 2.06 bits per heavy atom. The molecule has 8 nitrogen and oxygen atoms in total. The van der Waals surface area contributed by atoms with E-state index >= 15 is 0 Å². The molecule has 0 bridgehead atoms. The van der Waals surface area contributed by atoms with Crippen LogP contribution in [0, 0.1) is 6.92 Å². The van der Waals surface area contributed by atoms with Crippen LogP contribution in [-0.4, -0.2) is 28.8 Å². The molecule has 2 amide bonds. The van der Waals surface area contributed by atoms with Gasteiger partial charge >= 0.3 is 0 Å². The number of aromatic nitrogens is 2. The topological polar surface area (TPSA) is 108 Å². The van der Waals surface area contributed by atoms with Crippen LogP contribution in [0.4, 0.5) is 17.5 Å². The lowest BCUT2D eigenvalue weighted by Crippen LogP contribution is -2.17. The largest absolute Gasteiger partial charge is 0.354 e. The van der Waals surface area contributed by atoms with Crippen LogP contribution < -0.4 is 21.3 Å². The average Bonchev–Trinajstić information content (AvgIpc) is 3.02. The third-order valence-electron chi connectivity index (χ3n) is 4.98. The number of hydrogen-bond donors (Lipinski definition) is 4. The van der Waals surface area contributed by atoms with Gasteiger partial charge in [0.25, 0.3) is 5.91 Å². The molecule has 4 rings (SSSR count). The van der Waals surface area contributed by atoms with Crippen LogP contribution in [0.25, 0.3) is 0 Å². The Morgan fingerprint density at radius 3 is 2.87 bits per heavy atom. The van der Waals surface area contributed by atoms with E-state index < -0.39 is 0 Å². The Kier molecular flexibility index (Phi) is 6.06. The van der Waals surface area contributed by atoms with Crippen molar-refractivity contribution in [3.63, 3.8) is 0 Å². The van der Waals surface area contributed by atoms with Crippen LogP contribution in [0.5, 0.6) is 0 Å². The maximum absolute atomic E-state index is 12.1. The Morgan fingerprint density at radius 1 is 1.23 bits per heavy atom. The van der Waals surface area contributed by atoms with Crippen LogP contribution in [0.15, 0.2) is 46.8 Å². The molecule has 31 heavy (non-hydrogen) atoms. The molecule has 0 saturated heterocycles. The fourth-order valence-electron chi connectivity index (χ4n) is 3.30. The highest BCUT2D eigenvalue weighted by molar-refractivity contribution is 7.12. The van der Waals surface area contributed by atoms with Crippen LogP contribution in [-0.2, 0) is 4.79 Å². The van der Waals surface area contributed by atoms with E-state index in [1.807, 2.05) is 24.5 Å². The molecule has 0 aromatic carbocycles. The summed E-state index contributed by atoms with van der Waals surface area (Å²) in [5.41, 5.74) is 4.70. The SMILES string of the molecule is CNC(=O)c1scc(C)c1Nc1nc(NC2=CC=C3CCC(=O)NC=C3C2)ncc1Cl. The summed E-state index contributed by atoms with van der Waals surface area (Å²) in [5, 5.41) is 14.1. The maximum atomic E-state index is 12.1. The molecule has 0 radical (unpaired) electrons. The molecule has 1 aliphatic carbocycles. The van der Waals surface area contributed by atoms with Gasteiger partial charge in [-0.25, -0.2) is 4.98 Å². The van der Waals surface area contributed by atoms with Crippen molar-refractivity contribution in [3.8, 4) is 0 Å². The number of anilines is 3. The molecule has 0 saturated carbocycles. The van der Waals surface area contributed by atoms with Crippen molar-refractivity contribution < 1.29 is 9.59 Å². The number of rotatable bonds is 5. The Balaban J connectivity index is 1.55. The molecule has 0 unspecified atom stereocenters. The van der Waals surface area contributed by atoms with Gasteiger partial charge in [0.15, 0.2) is 5.82 Å². The molecule has 4 N–H and O–H groups in total. The summed E-state index contributed by atoms with van der Waals surface area (Å²) in [5.74, 6) is 0.624. The van der Waals surface area contributed by atoms with E-state index in [9.17, 15) is 9.59 Å². The van der Waals surface area contributed by atoms with Crippen molar-refractivity contribution in [2.45, 2.75) is 26.2 Å². The number of carbonyl (C=O) groups excluding carboxylic acids is 2. The van der Waals surface area contributed by atoms with E-state index in [2.05, 4.69) is 31.2 Å². The molecular weight excluding hydrogens is 436 g/mol. The summed E-state index contributed by atoms with van der Waals surface area (Å²) in [6, 6.07) is 0. The molecule has 0 spiro atoms. The second kappa shape index (κ2) is 8.91. The van der Waals surface area contributed by atoms with Crippen LogP contribution >= 0.6 is 22.9 Å². The van der Waals surface area contributed by atoms with Crippen LogP contribution in [0.1, 0.15) is 34.5 Å². The lowest BCUT2D eigenvalue weighted by atomic mass is 9.94. The predicted molar refractivity (Wildman–Crippen MR) is 123 cm³/mol. The van der Waals surface area contributed by atoms with Gasteiger partial charge in [0.05, 0.1) is 11.9 Å². The number of hydrogen-bond acceptors (Lipinski definition) is 7. The molecule has 2 aromatic heterocycles. The number of aryl methyl sites for hydroxylation is 1. The van der Waals surface area contributed by atoms with Crippen molar-refractivity contribution in [2.24, 2.45) is 0 Å². The molecule has 2 aliphatic rings. The number of allylic oxidation sites excluding steroid dienone is 4. The van der Waals surface area contributed by atoms with Crippen molar-refractivity contribution in [2.75, 3.05) is 17.7 Å². The highest BCUT2D eigenvalue weighted by Crippen LogP contribution is 2.33. The van der Waals surface area contributed by atoms with E-state index in [-0.39, 0.29) is 11.8 Å². The zero-order valence-electron chi connectivity index (χ0n) is 17.0. The van der Waals surface area contributed by atoms with Crippen molar-refractivity contribution in [1.29, 1.82) is 0 Å². The number of nitrogens with zero attached hydrogens (tertiary/aromatic N) is 2. The molecule has 0 atom stereocenters. The molecule has 10 heteroatoms. The highest BCUT2D eigenvalue weighted by atomic mass is 35.5. The first-order valence-electron chi connectivity index (χ1n) is 9.70. The summed E-state index contributed by atoms with van der Waals surface area (Å²) >= 11 is 7.66. The first-order chi connectivity index (χ1) is 14.9. The quantitative estimate of drug-likeness (QED) is 0.541. The third-order valence-corrected chi connectivity index (χ3v) is 6.35. The highest BCUT2D eigenvalue weighted by Gasteiger charge is 2.19. The van der Waals surface area contributed by atoms with Gasteiger partial charge in [-0.15, -0.1) is 11.3 Å². The first kappa shape index (κ1) is 21.1. The smallest absolute Gasteiger partial charge is 0.263 e. The Bertz CT molecular complexity index is 1150. The number of carbonyl (C=O) groups is 2. The fourth-order valence-corrected chi connectivity index (χ4v) is 4.39.